The molecule has 0 bridgehead atoms. The minimum atomic E-state index is 0.518. The smallest absolute Gasteiger partial charge is 0.0891 e. The average Bonchev–Trinajstić information content (AvgIpc) is 3.10. The zero-order valence-electron chi connectivity index (χ0n) is 9.47. The van der Waals surface area contributed by atoms with Crippen molar-refractivity contribution in [2.45, 2.75) is 38.1 Å². The zero-order chi connectivity index (χ0) is 10.8. The molecule has 3 atom stereocenters. The van der Waals surface area contributed by atoms with Crippen LogP contribution in [-0.2, 0) is 16.1 Å². The molecule has 1 saturated carbocycles. The molecular weight excluding hydrogens is 200 g/mol. The molecule has 1 heterocycles. The fraction of sp³-hybridized carbons (Fsp3) is 0.571. The van der Waals surface area contributed by atoms with Gasteiger partial charge in [-0.25, -0.2) is 0 Å². The van der Waals surface area contributed by atoms with Gasteiger partial charge in [-0.2, -0.15) is 0 Å². The first-order valence-electron chi connectivity index (χ1n) is 6.20. The van der Waals surface area contributed by atoms with Crippen molar-refractivity contribution in [3.05, 3.63) is 35.9 Å². The Balaban J connectivity index is 1.43. The number of hydrogen-bond donors (Lipinski definition) is 0. The van der Waals surface area contributed by atoms with Crippen molar-refractivity contribution >= 4 is 0 Å². The van der Waals surface area contributed by atoms with Crippen LogP contribution < -0.4 is 0 Å². The Morgan fingerprint density at radius 1 is 1.19 bits per heavy atom. The van der Waals surface area contributed by atoms with Gasteiger partial charge < -0.3 is 9.47 Å². The van der Waals surface area contributed by atoms with Crippen molar-refractivity contribution in [2.24, 2.45) is 5.92 Å². The van der Waals surface area contributed by atoms with Gasteiger partial charge in [-0.3, -0.25) is 0 Å². The number of epoxide rings is 1. The number of rotatable bonds is 4. The molecule has 1 saturated heterocycles. The van der Waals surface area contributed by atoms with E-state index in [1.54, 1.807) is 0 Å². The van der Waals surface area contributed by atoms with Crippen molar-refractivity contribution in [1.29, 1.82) is 0 Å². The number of benzene rings is 1. The van der Waals surface area contributed by atoms with E-state index in [1.807, 2.05) is 6.07 Å². The standard InChI is InChI=1S/C14H18O2/c1-2-5-11(6-3-1)9-15-10-12-7-4-8-13-14(12)16-13/h1-3,5-6,12-14H,4,7-10H2/t12-,13-,14+/m1/s1. The molecule has 0 spiro atoms. The van der Waals surface area contributed by atoms with Gasteiger partial charge in [0.1, 0.15) is 0 Å². The summed E-state index contributed by atoms with van der Waals surface area (Å²) in [5.41, 5.74) is 1.26. The van der Waals surface area contributed by atoms with Crippen LogP contribution in [0.2, 0.25) is 0 Å². The Hall–Kier alpha value is -0.860. The van der Waals surface area contributed by atoms with Crippen LogP contribution in [0, 0.1) is 5.92 Å². The van der Waals surface area contributed by atoms with Crippen LogP contribution in [0.3, 0.4) is 0 Å². The molecule has 0 unspecified atom stereocenters. The van der Waals surface area contributed by atoms with Crippen LogP contribution in [0.1, 0.15) is 24.8 Å². The summed E-state index contributed by atoms with van der Waals surface area (Å²) in [6, 6.07) is 10.4. The predicted molar refractivity (Wildman–Crippen MR) is 62.1 cm³/mol. The third-order valence-corrected chi connectivity index (χ3v) is 3.59. The minimum absolute atomic E-state index is 0.518. The Morgan fingerprint density at radius 3 is 2.94 bits per heavy atom. The molecule has 0 amide bonds. The molecule has 1 aliphatic heterocycles. The Morgan fingerprint density at radius 2 is 2.06 bits per heavy atom. The highest BCUT2D eigenvalue weighted by atomic mass is 16.6. The van der Waals surface area contributed by atoms with Crippen LogP contribution in [0.15, 0.2) is 30.3 Å². The second kappa shape index (κ2) is 4.56. The van der Waals surface area contributed by atoms with Gasteiger partial charge in [-0.1, -0.05) is 36.8 Å². The second-order valence-electron chi connectivity index (χ2n) is 4.83. The van der Waals surface area contributed by atoms with E-state index in [-0.39, 0.29) is 0 Å². The largest absolute Gasteiger partial charge is 0.376 e. The van der Waals surface area contributed by atoms with Crippen LogP contribution >= 0.6 is 0 Å². The van der Waals surface area contributed by atoms with Crippen molar-refractivity contribution in [3.8, 4) is 0 Å². The molecule has 16 heavy (non-hydrogen) atoms. The van der Waals surface area contributed by atoms with Gasteiger partial charge in [0, 0.05) is 5.92 Å². The van der Waals surface area contributed by atoms with E-state index in [2.05, 4.69) is 24.3 Å². The van der Waals surface area contributed by atoms with Crippen molar-refractivity contribution in [3.63, 3.8) is 0 Å². The van der Waals surface area contributed by atoms with E-state index >= 15 is 0 Å². The van der Waals surface area contributed by atoms with E-state index in [0.717, 1.165) is 13.2 Å². The number of ether oxygens (including phenoxy) is 2. The summed E-state index contributed by atoms with van der Waals surface area (Å²) in [5, 5.41) is 0. The molecule has 1 aromatic rings. The molecule has 3 rings (SSSR count). The van der Waals surface area contributed by atoms with Crippen molar-refractivity contribution in [1.82, 2.24) is 0 Å². The molecule has 2 fully saturated rings. The maximum absolute atomic E-state index is 5.78. The highest BCUT2D eigenvalue weighted by Gasteiger charge is 2.46. The summed E-state index contributed by atoms with van der Waals surface area (Å²) in [6.45, 7) is 1.59. The lowest BCUT2D eigenvalue weighted by Crippen LogP contribution is -2.21. The summed E-state index contributed by atoms with van der Waals surface area (Å²) >= 11 is 0. The first-order chi connectivity index (χ1) is 7.93. The predicted octanol–water partition coefficient (Wildman–Crippen LogP) is 2.77. The van der Waals surface area contributed by atoms with Gasteiger partial charge in [-0.15, -0.1) is 0 Å². The molecule has 86 valence electrons. The van der Waals surface area contributed by atoms with Crippen molar-refractivity contribution < 1.29 is 9.47 Å². The molecule has 0 N–H and O–H groups in total. The lowest BCUT2D eigenvalue weighted by molar-refractivity contribution is 0.0720. The van der Waals surface area contributed by atoms with Crippen LogP contribution in [0.25, 0.3) is 0 Å². The normalized spacial score (nSPS) is 32.1. The number of hydrogen-bond acceptors (Lipinski definition) is 2. The van der Waals surface area contributed by atoms with E-state index in [4.69, 9.17) is 9.47 Å². The quantitative estimate of drug-likeness (QED) is 0.725. The molecule has 2 heteroatoms. The molecule has 0 aromatic heterocycles. The van der Waals surface area contributed by atoms with E-state index in [0.29, 0.717) is 18.1 Å². The fourth-order valence-corrected chi connectivity index (χ4v) is 2.63. The van der Waals surface area contributed by atoms with E-state index in [9.17, 15) is 0 Å². The first-order valence-corrected chi connectivity index (χ1v) is 6.20. The van der Waals surface area contributed by atoms with E-state index in [1.165, 1.54) is 24.8 Å². The maximum Gasteiger partial charge on any atom is 0.0891 e. The lowest BCUT2D eigenvalue weighted by atomic mass is 9.90. The van der Waals surface area contributed by atoms with E-state index < -0.39 is 0 Å². The van der Waals surface area contributed by atoms with Crippen LogP contribution in [-0.4, -0.2) is 18.8 Å². The van der Waals surface area contributed by atoms with Gasteiger partial charge in [0.25, 0.3) is 0 Å². The maximum atomic E-state index is 5.78. The van der Waals surface area contributed by atoms with Gasteiger partial charge in [-0.05, 0) is 18.4 Å². The minimum Gasteiger partial charge on any atom is -0.376 e. The zero-order valence-corrected chi connectivity index (χ0v) is 9.47. The van der Waals surface area contributed by atoms with Crippen molar-refractivity contribution in [2.75, 3.05) is 6.61 Å². The highest BCUT2D eigenvalue weighted by Crippen LogP contribution is 2.40. The Bertz CT molecular complexity index is 336. The lowest BCUT2D eigenvalue weighted by Gasteiger charge is -2.18. The summed E-state index contributed by atoms with van der Waals surface area (Å²) < 4.78 is 11.4. The monoisotopic (exact) mass is 218 g/mol. The summed E-state index contributed by atoms with van der Waals surface area (Å²) in [5.74, 6) is 0.641. The molecule has 1 aromatic carbocycles. The summed E-state index contributed by atoms with van der Waals surface area (Å²) in [7, 11) is 0. The van der Waals surface area contributed by atoms with Gasteiger partial charge in [0.15, 0.2) is 0 Å². The second-order valence-corrected chi connectivity index (χ2v) is 4.83. The molecule has 2 nitrogen and oxygen atoms in total. The Kier molecular flexibility index (Phi) is 2.94. The molecule has 2 aliphatic rings. The topological polar surface area (TPSA) is 21.8 Å². The first kappa shape index (κ1) is 10.3. The molecular formula is C14H18O2. The third kappa shape index (κ3) is 2.28. The van der Waals surface area contributed by atoms with Crippen LogP contribution in [0.5, 0.6) is 0 Å². The Labute approximate surface area is 96.6 Å². The fourth-order valence-electron chi connectivity index (χ4n) is 2.63. The van der Waals surface area contributed by atoms with Crippen LogP contribution in [0.4, 0.5) is 0 Å². The summed E-state index contributed by atoms with van der Waals surface area (Å²) in [4.78, 5) is 0. The molecule has 1 aliphatic carbocycles. The average molecular weight is 218 g/mol. The highest BCUT2D eigenvalue weighted by molar-refractivity contribution is 5.13. The van der Waals surface area contributed by atoms with Gasteiger partial charge in [0.05, 0.1) is 25.4 Å². The van der Waals surface area contributed by atoms with Gasteiger partial charge >= 0.3 is 0 Å². The van der Waals surface area contributed by atoms with Gasteiger partial charge in [0.2, 0.25) is 0 Å². The number of fused-ring (bicyclic) bond motifs is 1. The summed E-state index contributed by atoms with van der Waals surface area (Å²) in [6.07, 6.45) is 4.93. The third-order valence-electron chi connectivity index (χ3n) is 3.59. The molecule has 0 radical (unpaired) electrons. The SMILES string of the molecule is c1ccc(COC[C@H]2CCC[C@H]3O[C@@H]23)cc1.